The maximum Gasteiger partial charge on any atom is 0.377 e. The Bertz CT molecular complexity index is 854. The average molecular weight is 332 g/mol. The van der Waals surface area contributed by atoms with Crippen molar-refractivity contribution >= 4 is 6.03 Å². The molecule has 8 nitrogen and oxygen atoms in total. The molecule has 0 aliphatic heterocycles. The summed E-state index contributed by atoms with van der Waals surface area (Å²) in [6, 6.07) is 5.02. The Morgan fingerprint density at radius 1 is 1.25 bits per heavy atom. The lowest BCUT2D eigenvalue weighted by molar-refractivity contribution is 0.0909. The molecular formula is C15H17FN6O2. The number of hydrogen-bond acceptors (Lipinski definition) is 5. The van der Waals surface area contributed by atoms with Crippen molar-refractivity contribution in [3.63, 3.8) is 0 Å². The topological polar surface area (TPSA) is 76.3 Å². The van der Waals surface area contributed by atoms with Gasteiger partial charge in [0, 0.05) is 19.8 Å². The molecule has 0 atom stereocenters. The lowest BCUT2D eigenvalue weighted by atomic mass is 10.3. The van der Waals surface area contributed by atoms with E-state index >= 15 is 0 Å². The minimum atomic E-state index is -0.824. The predicted octanol–water partition coefficient (Wildman–Crippen LogP) is 1.38. The molecule has 2 aromatic rings. The molecular weight excluding hydrogens is 315 g/mol. The van der Waals surface area contributed by atoms with Crippen LogP contribution >= 0.6 is 0 Å². The molecule has 0 N–H and O–H groups in total. The van der Waals surface area contributed by atoms with Gasteiger partial charge >= 0.3 is 11.7 Å². The Balaban J connectivity index is 2.00. The largest absolute Gasteiger partial charge is 0.377 e. The molecule has 1 aromatic heterocycles. The fraction of sp³-hybridized carbons (Fsp3) is 0.333. The number of rotatable bonds is 3. The molecule has 1 aliphatic carbocycles. The van der Waals surface area contributed by atoms with Crippen molar-refractivity contribution in [1.82, 2.24) is 29.8 Å². The Kier molecular flexibility index (Phi) is 4.26. The monoisotopic (exact) mass is 332 g/mol. The van der Waals surface area contributed by atoms with Crippen LogP contribution in [0.4, 0.5) is 9.18 Å². The minimum absolute atomic E-state index is 0.0574. The lowest BCUT2D eigenvalue weighted by Gasteiger charge is -2.28. The molecule has 0 saturated heterocycles. The SMILES string of the molecule is CN(C)N(C(=O)n1nnn(-c2ccccc2F)c1=O)C1=CCCC1. The van der Waals surface area contributed by atoms with Gasteiger partial charge in [0.1, 0.15) is 11.5 Å². The lowest BCUT2D eigenvalue weighted by Crippen LogP contribution is -2.46. The zero-order chi connectivity index (χ0) is 17.3. The second-order valence-electron chi connectivity index (χ2n) is 5.57. The summed E-state index contributed by atoms with van der Waals surface area (Å²) < 4.78 is 15.2. The van der Waals surface area contributed by atoms with E-state index in [0.717, 1.165) is 29.6 Å². The van der Waals surface area contributed by atoms with Crippen LogP contribution in [-0.4, -0.2) is 49.9 Å². The number of carbonyl (C=O) groups excluding carboxylic acids is 1. The summed E-state index contributed by atoms with van der Waals surface area (Å²) in [5.41, 5.74) is -0.0778. The summed E-state index contributed by atoms with van der Waals surface area (Å²) in [7, 11) is 3.40. The number of nitrogens with zero attached hydrogens (tertiary/aromatic N) is 6. The number of halogens is 1. The average Bonchev–Trinajstić information content (AvgIpc) is 3.18. The van der Waals surface area contributed by atoms with Gasteiger partial charge in [0.15, 0.2) is 0 Å². The van der Waals surface area contributed by atoms with Gasteiger partial charge in [-0.1, -0.05) is 18.2 Å². The number of para-hydroxylation sites is 1. The first-order valence-electron chi connectivity index (χ1n) is 7.51. The van der Waals surface area contributed by atoms with Gasteiger partial charge in [-0.3, -0.25) is 0 Å². The van der Waals surface area contributed by atoms with Crippen LogP contribution in [0.1, 0.15) is 19.3 Å². The predicted molar refractivity (Wildman–Crippen MR) is 83.8 cm³/mol. The van der Waals surface area contributed by atoms with Crippen LogP contribution in [0, 0.1) is 5.82 Å². The number of benzene rings is 1. The van der Waals surface area contributed by atoms with Gasteiger partial charge in [0.25, 0.3) is 0 Å². The number of amides is 1. The van der Waals surface area contributed by atoms with Crippen molar-refractivity contribution < 1.29 is 9.18 Å². The molecule has 0 unspecified atom stereocenters. The van der Waals surface area contributed by atoms with Gasteiger partial charge in [-0.05, 0) is 41.8 Å². The normalized spacial score (nSPS) is 14.1. The van der Waals surface area contributed by atoms with E-state index < -0.39 is 17.5 Å². The van der Waals surface area contributed by atoms with Crippen LogP contribution in [0.15, 0.2) is 40.8 Å². The molecule has 3 rings (SSSR count). The quantitative estimate of drug-likeness (QED) is 0.627. The van der Waals surface area contributed by atoms with Crippen molar-refractivity contribution in [2.45, 2.75) is 19.3 Å². The highest BCUT2D eigenvalue weighted by molar-refractivity contribution is 5.77. The molecule has 1 aliphatic rings. The van der Waals surface area contributed by atoms with Crippen molar-refractivity contribution in [2.75, 3.05) is 14.1 Å². The van der Waals surface area contributed by atoms with E-state index in [1.807, 2.05) is 6.08 Å². The highest BCUT2D eigenvalue weighted by Gasteiger charge is 2.27. The fourth-order valence-corrected chi connectivity index (χ4v) is 2.63. The van der Waals surface area contributed by atoms with E-state index in [2.05, 4.69) is 10.4 Å². The van der Waals surface area contributed by atoms with E-state index in [-0.39, 0.29) is 5.69 Å². The minimum Gasteiger partial charge on any atom is -0.244 e. The van der Waals surface area contributed by atoms with Crippen LogP contribution < -0.4 is 5.69 Å². The van der Waals surface area contributed by atoms with Gasteiger partial charge in [0.2, 0.25) is 0 Å². The Morgan fingerprint density at radius 3 is 2.62 bits per heavy atom. The molecule has 0 radical (unpaired) electrons. The fourth-order valence-electron chi connectivity index (χ4n) is 2.63. The number of allylic oxidation sites excluding steroid dienone is 2. The summed E-state index contributed by atoms with van der Waals surface area (Å²) in [6.45, 7) is 0. The summed E-state index contributed by atoms with van der Waals surface area (Å²) in [6.07, 6.45) is 4.51. The first kappa shape index (κ1) is 16.1. The molecule has 24 heavy (non-hydrogen) atoms. The first-order chi connectivity index (χ1) is 11.5. The molecule has 1 heterocycles. The highest BCUT2D eigenvalue weighted by Crippen LogP contribution is 2.22. The molecule has 0 fully saturated rings. The van der Waals surface area contributed by atoms with Crippen molar-refractivity contribution in [3.05, 3.63) is 52.3 Å². The van der Waals surface area contributed by atoms with Gasteiger partial charge in [-0.2, -0.15) is 4.68 Å². The third kappa shape index (κ3) is 2.73. The third-order valence-corrected chi connectivity index (χ3v) is 3.71. The molecule has 0 spiro atoms. The molecule has 126 valence electrons. The van der Waals surface area contributed by atoms with Crippen molar-refractivity contribution in [1.29, 1.82) is 0 Å². The number of aromatic nitrogens is 4. The summed E-state index contributed by atoms with van der Waals surface area (Å²) >= 11 is 0. The Hall–Kier alpha value is -2.81. The molecule has 0 saturated carbocycles. The van der Waals surface area contributed by atoms with Gasteiger partial charge < -0.3 is 0 Å². The van der Waals surface area contributed by atoms with Gasteiger partial charge in [-0.25, -0.2) is 24.0 Å². The zero-order valence-corrected chi connectivity index (χ0v) is 13.4. The Labute approximate surface area is 137 Å². The van der Waals surface area contributed by atoms with E-state index in [0.29, 0.717) is 4.68 Å². The van der Waals surface area contributed by atoms with E-state index in [1.165, 1.54) is 23.2 Å². The van der Waals surface area contributed by atoms with E-state index in [4.69, 9.17) is 0 Å². The number of tetrazole rings is 1. The van der Waals surface area contributed by atoms with Gasteiger partial charge in [-0.15, -0.1) is 4.68 Å². The Morgan fingerprint density at radius 2 is 2.00 bits per heavy atom. The van der Waals surface area contributed by atoms with Crippen molar-refractivity contribution in [3.8, 4) is 5.69 Å². The van der Waals surface area contributed by atoms with E-state index in [1.54, 1.807) is 25.2 Å². The van der Waals surface area contributed by atoms with Crippen LogP contribution in [0.5, 0.6) is 0 Å². The summed E-state index contributed by atoms with van der Waals surface area (Å²) in [5, 5.41) is 10.2. The zero-order valence-electron chi connectivity index (χ0n) is 13.4. The van der Waals surface area contributed by atoms with Crippen LogP contribution in [0.3, 0.4) is 0 Å². The van der Waals surface area contributed by atoms with E-state index in [9.17, 15) is 14.0 Å². The highest BCUT2D eigenvalue weighted by atomic mass is 19.1. The molecule has 9 heteroatoms. The molecule has 1 aromatic carbocycles. The maximum absolute atomic E-state index is 13.8. The number of hydrazine groups is 1. The second kappa shape index (κ2) is 6.36. The van der Waals surface area contributed by atoms with Crippen molar-refractivity contribution in [2.24, 2.45) is 0 Å². The standard InChI is InChI=1S/C15H17FN6O2/c1-19(2)22(11-7-3-4-8-11)15(24)21-14(23)20(17-18-21)13-10-6-5-9-12(13)16/h5-7,9-10H,3-4,8H2,1-2H3. The summed E-state index contributed by atoms with van der Waals surface area (Å²) in [4.78, 5) is 25.2. The maximum atomic E-state index is 13.8. The number of hydrogen-bond donors (Lipinski definition) is 0. The summed E-state index contributed by atoms with van der Waals surface area (Å²) in [5.74, 6) is -0.623. The van der Waals surface area contributed by atoms with Crippen LogP contribution in [-0.2, 0) is 0 Å². The molecule has 0 bridgehead atoms. The smallest absolute Gasteiger partial charge is 0.244 e. The third-order valence-electron chi connectivity index (χ3n) is 3.71. The number of carbonyl (C=O) groups is 1. The van der Waals surface area contributed by atoms with Crippen LogP contribution in [0.2, 0.25) is 0 Å². The van der Waals surface area contributed by atoms with Gasteiger partial charge in [0.05, 0.1) is 0 Å². The second-order valence-corrected chi connectivity index (χ2v) is 5.57. The molecule has 1 amide bonds. The first-order valence-corrected chi connectivity index (χ1v) is 7.51. The van der Waals surface area contributed by atoms with Crippen LogP contribution in [0.25, 0.3) is 5.69 Å².